The molecule has 0 N–H and O–H groups in total. The quantitative estimate of drug-likeness (QED) is 0.770. The maximum Gasteiger partial charge on any atom is 0.142 e. The normalized spacial score (nSPS) is 21.6. The van der Waals surface area contributed by atoms with Gasteiger partial charge in [-0.3, -0.25) is 0 Å². The lowest BCUT2D eigenvalue weighted by molar-refractivity contribution is 0.364. The van der Waals surface area contributed by atoms with Crippen molar-refractivity contribution in [1.29, 1.82) is 0 Å². The van der Waals surface area contributed by atoms with Gasteiger partial charge in [0.05, 0.1) is 11.0 Å². The van der Waals surface area contributed by atoms with Crippen LogP contribution >= 0.6 is 15.9 Å². The highest BCUT2D eigenvalue weighted by atomic mass is 79.9. The number of nitrogens with zero attached hydrogens (tertiary/aromatic N) is 2. The minimum atomic E-state index is -0.704. The fourth-order valence-corrected chi connectivity index (χ4v) is 2.38. The zero-order valence-electron chi connectivity index (χ0n) is 8.00. The van der Waals surface area contributed by atoms with Gasteiger partial charge in [-0.25, -0.2) is 9.37 Å². The van der Waals surface area contributed by atoms with E-state index in [0.717, 1.165) is 22.4 Å². The van der Waals surface area contributed by atoms with Crippen LogP contribution in [-0.4, -0.2) is 24.2 Å². The first-order valence-electron chi connectivity index (χ1n) is 4.68. The Morgan fingerprint density at radius 2 is 2.43 bits per heavy atom. The Hall–Kier alpha value is -0.640. The number of hydrogen-bond donors (Lipinski definition) is 0. The average molecular weight is 259 g/mol. The van der Waals surface area contributed by atoms with Gasteiger partial charge in [-0.2, -0.15) is 0 Å². The summed E-state index contributed by atoms with van der Waals surface area (Å²) in [4.78, 5) is 6.29. The van der Waals surface area contributed by atoms with Crippen LogP contribution in [0.1, 0.15) is 12.0 Å². The van der Waals surface area contributed by atoms with Gasteiger partial charge in [0, 0.05) is 12.7 Å². The predicted octanol–water partition coefficient (Wildman–Crippen LogP) is 2.70. The van der Waals surface area contributed by atoms with Crippen molar-refractivity contribution < 1.29 is 4.39 Å². The van der Waals surface area contributed by atoms with Gasteiger partial charge in [0.2, 0.25) is 0 Å². The van der Waals surface area contributed by atoms with Gasteiger partial charge in [-0.05, 0) is 40.9 Å². The molecule has 1 saturated heterocycles. The molecule has 1 aliphatic rings. The third kappa shape index (κ3) is 1.90. The summed E-state index contributed by atoms with van der Waals surface area (Å²) in [6.45, 7) is 3.22. The van der Waals surface area contributed by atoms with Crippen LogP contribution in [-0.2, 0) is 0 Å². The third-order valence-corrected chi connectivity index (χ3v) is 2.97. The Labute approximate surface area is 91.3 Å². The Balaban J connectivity index is 2.24. The molecule has 2 nitrogen and oxygen atoms in total. The molecule has 0 radical (unpaired) electrons. The SMILES string of the molecule is Cc1cnc(N2CC[C@H](F)C2)c(Br)c1. The van der Waals surface area contributed by atoms with E-state index < -0.39 is 6.17 Å². The molecule has 2 rings (SSSR count). The van der Waals surface area contributed by atoms with E-state index in [2.05, 4.69) is 20.9 Å². The minimum Gasteiger partial charge on any atom is -0.353 e. The number of halogens is 2. The van der Waals surface area contributed by atoms with Gasteiger partial charge in [0.15, 0.2) is 0 Å². The molecular weight excluding hydrogens is 247 g/mol. The smallest absolute Gasteiger partial charge is 0.142 e. The number of alkyl halides is 1. The summed E-state index contributed by atoms with van der Waals surface area (Å²) in [5.41, 5.74) is 1.11. The number of anilines is 1. The minimum absolute atomic E-state index is 0.467. The summed E-state index contributed by atoms with van der Waals surface area (Å²) < 4.78 is 13.9. The fraction of sp³-hybridized carbons (Fsp3) is 0.500. The number of rotatable bonds is 1. The van der Waals surface area contributed by atoms with Crippen LogP contribution in [0.5, 0.6) is 0 Å². The molecule has 14 heavy (non-hydrogen) atoms. The summed E-state index contributed by atoms with van der Waals surface area (Å²) in [6.07, 6.45) is 1.72. The van der Waals surface area contributed by atoms with Gasteiger partial charge in [0.1, 0.15) is 12.0 Å². The molecule has 0 aromatic carbocycles. The van der Waals surface area contributed by atoms with Gasteiger partial charge in [-0.15, -0.1) is 0 Å². The van der Waals surface area contributed by atoms with E-state index in [9.17, 15) is 4.39 Å². The van der Waals surface area contributed by atoms with E-state index >= 15 is 0 Å². The van der Waals surface area contributed by atoms with Crippen molar-refractivity contribution in [3.8, 4) is 0 Å². The summed E-state index contributed by atoms with van der Waals surface area (Å²) >= 11 is 3.45. The first kappa shape index (κ1) is 9.90. The number of aromatic nitrogens is 1. The number of aryl methyl sites for hydroxylation is 1. The van der Waals surface area contributed by atoms with Crippen LogP contribution in [0, 0.1) is 6.92 Å². The van der Waals surface area contributed by atoms with Crippen LogP contribution in [0.25, 0.3) is 0 Å². The molecule has 0 amide bonds. The average Bonchev–Trinajstić information content (AvgIpc) is 2.51. The van der Waals surface area contributed by atoms with Gasteiger partial charge in [0.25, 0.3) is 0 Å². The second-order valence-electron chi connectivity index (χ2n) is 3.65. The molecule has 1 aromatic heterocycles. The predicted molar refractivity (Wildman–Crippen MR) is 58.4 cm³/mol. The van der Waals surface area contributed by atoms with Gasteiger partial charge >= 0.3 is 0 Å². The summed E-state index contributed by atoms with van der Waals surface area (Å²) in [7, 11) is 0. The lowest BCUT2D eigenvalue weighted by Gasteiger charge is -2.17. The zero-order chi connectivity index (χ0) is 10.1. The van der Waals surface area contributed by atoms with Crippen LogP contribution in [0.3, 0.4) is 0 Å². The molecule has 0 saturated carbocycles. The second kappa shape index (κ2) is 3.85. The molecule has 2 heterocycles. The van der Waals surface area contributed by atoms with Crippen LogP contribution < -0.4 is 4.90 Å². The van der Waals surface area contributed by atoms with Crippen LogP contribution in [0.15, 0.2) is 16.7 Å². The van der Waals surface area contributed by atoms with E-state index in [1.54, 1.807) is 0 Å². The molecule has 1 fully saturated rings. The number of hydrogen-bond acceptors (Lipinski definition) is 2. The van der Waals surface area contributed by atoms with Crippen LogP contribution in [0.2, 0.25) is 0 Å². The van der Waals surface area contributed by atoms with E-state index in [-0.39, 0.29) is 0 Å². The standard InChI is InChI=1S/C10H12BrFN2/c1-7-4-9(11)10(13-5-7)14-3-2-8(12)6-14/h4-5,8H,2-3,6H2,1H3/t8-/m0/s1. The summed E-state index contributed by atoms with van der Waals surface area (Å²) in [5.74, 6) is 0.857. The van der Waals surface area contributed by atoms with E-state index in [1.165, 1.54) is 0 Å². The molecule has 0 bridgehead atoms. The molecule has 0 aliphatic carbocycles. The molecule has 1 aliphatic heterocycles. The van der Waals surface area contributed by atoms with E-state index in [0.29, 0.717) is 13.0 Å². The molecule has 1 atom stereocenters. The second-order valence-corrected chi connectivity index (χ2v) is 4.50. The molecule has 0 unspecified atom stereocenters. The molecule has 4 heteroatoms. The Bertz CT molecular complexity index is 343. The largest absolute Gasteiger partial charge is 0.353 e. The first-order chi connectivity index (χ1) is 6.66. The van der Waals surface area contributed by atoms with E-state index in [4.69, 9.17) is 0 Å². The molecular formula is C10H12BrFN2. The van der Waals surface area contributed by atoms with Crippen molar-refractivity contribution in [2.24, 2.45) is 0 Å². The lowest BCUT2D eigenvalue weighted by atomic mass is 10.3. The highest BCUT2D eigenvalue weighted by Crippen LogP contribution is 2.27. The topological polar surface area (TPSA) is 16.1 Å². The number of pyridine rings is 1. The van der Waals surface area contributed by atoms with Crippen LogP contribution in [0.4, 0.5) is 10.2 Å². The Kier molecular flexibility index (Phi) is 2.72. The molecule has 0 spiro atoms. The third-order valence-electron chi connectivity index (χ3n) is 2.39. The van der Waals surface area contributed by atoms with Gasteiger partial charge in [-0.1, -0.05) is 0 Å². The summed E-state index contributed by atoms with van der Waals surface area (Å²) in [6, 6.07) is 2.01. The van der Waals surface area contributed by atoms with Gasteiger partial charge < -0.3 is 4.90 Å². The highest BCUT2D eigenvalue weighted by Gasteiger charge is 2.24. The van der Waals surface area contributed by atoms with Crippen molar-refractivity contribution >= 4 is 21.7 Å². The maximum atomic E-state index is 13.0. The first-order valence-corrected chi connectivity index (χ1v) is 5.47. The molecule has 1 aromatic rings. The summed E-state index contributed by atoms with van der Waals surface area (Å²) in [5, 5.41) is 0. The maximum absolute atomic E-state index is 13.0. The van der Waals surface area contributed by atoms with Crippen molar-refractivity contribution in [3.05, 3.63) is 22.3 Å². The van der Waals surface area contributed by atoms with Crippen molar-refractivity contribution in [2.45, 2.75) is 19.5 Å². The monoisotopic (exact) mass is 258 g/mol. The Morgan fingerprint density at radius 3 is 3.00 bits per heavy atom. The van der Waals surface area contributed by atoms with E-state index in [1.807, 2.05) is 24.1 Å². The van der Waals surface area contributed by atoms with Crippen molar-refractivity contribution in [3.63, 3.8) is 0 Å². The van der Waals surface area contributed by atoms with Crippen molar-refractivity contribution in [2.75, 3.05) is 18.0 Å². The highest BCUT2D eigenvalue weighted by molar-refractivity contribution is 9.10. The molecule has 76 valence electrons. The lowest BCUT2D eigenvalue weighted by Crippen LogP contribution is -2.21. The van der Waals surface area contributed by atoms with Crippen molar-refractivity contribution in [1.82, 2.24) is 4.98 Å². The zero-order valence-corrected chi connectivity index (χ0v) is 9.59. The fourth-order valence-electron chi connectivity index (χ4n) is 1.67. The Morgan fingerprint density at radius 1 is 1.64 bits per heavy atom.